The third-order valence-corrected chi connectivity index (χ3v) is 4.95. The van der Waals surface area contributed by atoms with Crippen LogP contribution in [0.5, 0.6) is 0 Å². The third kappa shape index (κ3) is 3.05. The molecule has 0 aliphatic rings. The Morgan fingerprint density at radius 1 is 0.690 bits per heavy atom. The average Bonchev–Trinajstić information content (AvgIpc) is 3.16. The summed E-state index contributed by atoms with van der Waals surface area (Å²) >= 11 is 0. The number of oxazole rings is 1. The van der Waals surface area contributed by atoms with Gasteiger partial charge < -0.3 is 4.42 Å². The van der Waals surface area contributed by atoms with Crippen molar-refractivity contribution in [3.05, 3.63) is 90.5 Å². The lowest BCUT2D eigenvalue weighted by Crippen LogP contribution is -2.04. The molecule has 0 aliphatic carbocycles. The van der Waals surface area contributed by atoms with Crippen LogP contribution in [0.25, 0.3) is 44.5 Å². The average molecular weight is 389 g/mol. The van der Waals surface area contributed by atoms with Crippen LogP contribution in [0.4, 0.5) is 13.2 Å². The molecule has 0 atom stereocenters. The maximum atomic E-state index is 13.2. The number of fused-ring (bicyclic) bond motifs is 2. The second-order valence-corrected chi connectivity index (χ2v) is 6.77. The van der Waals surface area contributed by atoms with Crippen molar-refractivity contribution < 1.29 is 17.6 Å². The van der Waals surface area contributed by atoms with Gasteiger partial charge in [0.05, 0.1) is 5.56 Å². The van der Waals surface area contributed by atoms with Gasteiger partial charge in [-0.25, -0.2) is 4.98 Å². The highest BCUT2D eigenvalue weighted by molar-refractivity contribution is 6.04. The quantitative estimate of drug-likeness (QED) is 0.316. The zero-order valence-corrected chi connectivity index (χ0v) is 15.1. The molecule has 0 aliphatic heterocycles. The molecule has 1 aromatic heterocycles. The Bertz CT molecular complexity index is 1320. The summed E-state index contributed by atoms with van der Waals surface area (Å²) in [4.78, 5) is 4.57. The summed E-state index contributed by atoms with van der Waals surface area (Å²) in [7, 11) is 0. The van der Waals surface area contributed by atoms with Crippen molar-refractivity contribution in [1.82, 2.24) is 4.98 Å². The SMILES string of the molecule is FC(F)(F)c1cccc(-c2ccc(-c3nc4ccccc4o3)c3ccccc23)c1. The van der Waals surface area contributed by atoms with E-state index in [9.17, 15) is 13.2 Å². The van der Waals surface area contributed by atoms with Crippen LogP contribution in [0.15, 0.2) is 89.3 Å². The van der Waals surface area contributed by atoms with Gasteiger partial charge in [-0.15, -0.1) is 0 Å². The number of nitrogens with zero attached hydrogens (tertiary/aromatic N) is 1. The lowest BCUT2D eigenvalue weighted by Gasteiger charge is -2.12. The van der Waals surface area contributed by atoms with Gasteiger partial charge in [0.2, 0.25) is 5.89 Å². The van der Waals surface area contributed by atoms with Crippen molar-refractivity contribution in [3.8, 4) is 22.6 Å². The molecular formula is C24H14F3NO. The monoisotopic (exact) mass is 389 g/mol. The van der Waals surface area contributed by atoms with Gasteiger partial charge >= 0.3 is 6.18 Å². The summed E-state index contributed by atoms with van der Waals surface area (Å²) in [6, 6.07) is 24.2. The number of aromatic nitrogens is 1. The Balaban J connectivity index is 1.72. The molecule has 142 valence electrons. The van der Waals surface area contributed by atoms with Crippen molar-refractivity contribution >= 4 is 21.9 Å². The number of hydrogen-bond acceptors (Lipinski definition) is 2. The highest BCUT2D eigenvalue weighted by Crippen LogP contribution is 2.38. The Kier molecular flexibility index (Phi) is 3.91. The molecular weight excluding hydrogens is 375 g/mol. The molecule has 0 spiro atoms. The van der Waals surface area contributed by atoms with Crippen molar-refractivity contribution in [1.29, 1.82) is 0 Å². The van der Waals surface area contributed by atoms with Crippen LogP contribution in [0.3, 0.4) is 0 Å². The Hall–Kier alpha value is -3.60. The van der Waals surface area contributed by atoms with Crippen molar-refractivity contribution in [2.75, 3.05) is 0 Å². The minimum atomic E-state index is -4.38. The predicted molar refractivity (Wildman–Crippen MR) is 107 cm³/mol. The normalized spacial score (nSPS) is 12.0. The smallest absolute Gasteiger partial charge is 0.416 e. The van der Waals surface area contributed by atoms with Crippen molar-refractivity contribution in [2.45, 2.75) is 6.18 Å². The molecule has 0 saturated carbocycles. The number of para-hydroxylation sites is 2. The van der Waals surface area contributed by atoms with Gasteiger partial charge in [-0.05, 0) is 52.2 Å². The second-order valence-electron chi connectivity index (χ2n) is 6.77. The molecule has 2 nitrogen and oxygen atoms in total. The maximum Gasteiger partial charge on any atom is 0.416 e. The number of hydrogen-bond donors (Lipinski definition) is 0. The first kappa shape index (κ1) is 17.5. The standard InChI is InChI=1S/C24H14F3NO/c25-24(26,27)16-7-5-6-15(14-16)17-12-13-20(19-9-2-1-8-18(17)19)23-28-21-10-3-4-11-22(21)29-23/h1-14H. The fourth-order valence-corrected chi connectivity index (χ4v) is 3.59. The maximum absolute atomic E-state index is 13.2. The topological polar surface area (TPSA) is 26.0 Å². The molecule has 5 heteroatoms. The minimum absolute atomic E-state index is 0.484. The van der Waals surface area contributed by atoms with Crippen LogP contribution in [0, 0.1) is 0 Å². The van der Waals surface area contributed by atoms with Gasteiger partial charge in [0, 0.05) is 5.56 Å². The number of benzene rings is 4. The summed E-state index contributed by atoms with van der Waals surface area (Å²) in [5.74, 6) is 0.484. The predicted octanol–water partition coefficient (Wildman–Crippen LogP) is 7.33. The summed E-state index contributed by atoms with van der Waals surface area (Å²) in [5.41, 5.74) is 2.82. The van der Waals surface area contributed by atoms with Gasteiger partial charge in [-0.3, -0.25) is 0 Å². The summed E-state index contributed by atoms with van der Waals surface area (Å²) in [6.07, 6.45) is -4.38. The van der Waals surface area contributed by atoms with Crippen LogP contribution >= 0.6 is 0 Å². The first-order chi connectivity index (χ1) is 14.0. The fraction of sp³-hybridized carbons (Fsp3) is 0.0417. The van der Waals surface area contributed by atoms with E-state index in [2.05, 4.69) is 4.98 Å². The van der Waals surface area contributed by atoms with Gasteiger partial charge in [0.1, 0.15) is 5.52 Å². The minimum Gasteiger partial charge on any atom is -0.436 e. The lowest BCUT2D eigenvalue weighted by molar-refractivity contribution is -0.137. The first-order valence-corrected chi connectivity index (χ1v) is 9.06. The van der Waals surface area contributed by atoms with E-state index in [-0.39, 0.29) is 0 Å². The molecule has 4 aromatic carbocycles. The van der Waals surface area contributed by atoms with Crippen LogP contribution < -0.4 is 0 Å². The molecule has 0 fully saturated rings. The molecule has 0 N–H and O–H groups in total. The third-order valence-electron chi connectivity index (χ3n) is 4.95. The van der Waals surface area contributed by atoms with Crippen LogP contribution in [0.1, 0.15) is 5.56 Å². The van der Waals surface area contributed by atoms with Gasteiger partial charge in [-0.1, -0.05) is 54.6 Å². The van der Waals surface area contributed by atoms with E-state index in [0.29, 0.717) is 17.0 Å². The van der Waals surface area contributed by atoms with Crippen LogP contribution in [-0.2, 0) is 6.18 Å². The molecule has 5 aromatic rings. The number of alkyl halides is 3. The van der Waals surface area contributed by atoms with E-state index in [0.717, 1.165) is 33.5 Å². The van der Waals surface area contributed by atoms with E-state index < -0.39 is 11.7 Å². The van der Waals surface area contributed by atoms with Crippen LogP contribution in [0.2, 0.25) is 0 Å². The Labute approximate surface area is 164 Å². The summed E-state index contributed by atoms with van der Waals surface area (Å²) < 4.78 is 45.4. The Morgan fingerprint density at radius 3 is 2.14 bits per heavy atom. The molecule has 0 unspecified atom stereocenters. The molecule has 5 rings (SSSR count). The summed E-state index contributed by atoms with van der Waals surface area (Å²) in [6.45, 7) is 0. The molecule has 29 heavy (non-hydrogen) atoms. The van der Waals surface area contributed by atoms with E-state index in [1.165, 1.54) is 12.1 Å². The van der Waals surface area contributed by atoms with Gasteiger partial charge in [0.15, 0.2) is 5.58 Å². The van der Waals surface area contributed by atoms with E-state index in [1.807, 2.05) is 60.7 Å². The largest absolute Gasteiger partial charge is 0.436 e. The van der Waals surface area contributed by atoms with Gasteiger partial charge in [-0.2, -0.15) is 13.2 Å². The zero-order valence-electron chi connectivity index (χ0n) is 15.1. The molecule has 0 bridgehead atoms. The lowest BCUT2D eigenvalue weighted by atomic mass is 9.94. The molecule has 1 heterocycles. The highest BCUT2D eigenvalue weighted by atomic mass is 19.4. The zero-order chi connectivity index (χ0) is 20.0. The van der Waals surface area contributed by atoms with Crippen molar-refractivity contribution in [3.63, 3.8) is 0 Å². The van der Waals surface area contributed by atoms with Crippen molar-refractivity contribution in [2.24, 2.45) is 0 Å². The van der Waals surface area contributed by atoms with E-state index in [4.69, 9.17) is 4.42 Å². The molecule has 0 amide bonds. The van der Waals surface area contributed by atoms with Crippen LogP contribution in [-0.4, -0.2) is 4.98 Å². The van der Waals surface area contributed by atoms with Gasteiger partial charge in [0.25, 0.3) is 0 Å². The van der Waals surface area contributed by atoms with E-state index in [1.54, 1.807) is 6.07 Å². The summed E-state index contributed by atoms with van der Waals surface area (Å²) in [5, 5.41) is 1.71. The Morgan fingerprint density at radius 2 is 1.38 bits per heavy atom. The fourth-order valence-electron chi connectivity index (χ4n) is 3.59. The van der Waals surface area contributed by atoms with E-state index >= 15 is 0 Å². The first-order valence-electron chi connectivity index (χ1n) is 9.06. The highest BCUT2D eigenvalue weighted by Gasteiger charge is 2.30. The number of rotatable bonds is 2. The molecule has 0 radical (unpaired) electrons. The molecule has 0 saturated heterocycles. The second kappa shape index (κ2) is 6.48. The number of halogens is 3.